The Balaban J connectivity index is 1.33. The molecule has 3 aliphatic rings. The van der Waals surface area contributed by atoms with Gasteiger partial charge in [0.2, 0.25) is 17.7 Å². The van der Waals surface area contributed by atoms with Crippen molar-refractivity contribution in [1.29, 1.82) is 0 Å². The molecule has 2 fully saturated rings. The number of carbonyl (C=O) groups is 3. The summed E-state index contributed by atoms with van der Waals surface area (Å²) in [7, 11) is 0. The van der Waals surface area contributed by atoms with Gasteiger partial charge < -0.3 is 4.90 Å². The number of fused-ring (bicyclic) bond motifs is 2. The molecule has 0 unspecified atom stereocenters. The number of nitrogens with zero attached hydrogens (tertiary/aromatic N) is 2. The first-order chi connectivity index (χ1) is 14.6. The van der Waals surface area contributed by atoms with Gasteiger partial charge in [-0.15, -0.1) is 11.3 Å². The summed E-state index contributed by atoms with van der Waals surface area (Å²) in [5.41, 5.74) is 2.30. The van der Waals surface area contributed by atoms with Crippen LogP contribution in [-0.2, 0) is 20.8 Å². The molecule has 0 spiro atoms. The van der Waals surface area contributed by atoms with Crippen molar-refractivity contribution in [2.24, 2.45) is 11.8 Å². The van der Waals surface area contributed by atoms with Crippen LogP contribution in [0.4, 0.5) is 0 Å². The zero-order valence-electron chi connectivity index (χ0n) is 17.0. The molecule has 5 nitrogen and oxygen atoms in total. The lowest BCUT2D eigenvalue weighted by Gasteiger charge is -2.36. The Hall–Kier alpha value is -2.47. The molecule has 0 radical (unpaired) electrons. The van der Waals surface area contributed by atoms with Crippen molar-refractivity contribution in [2.45, 2.75) is 44.6 Å². The molecule has 2 aliphatic heterocycles. The third-order valence-corrected chi connectivity index (χ3v) is 7.88. The third-order valence-electron chi connectivity index (χ3n) is 6.88. The van der Waals surface area contributed by atoms with Crippen LogP contribution in [0.1, 0.15) is 54.1 Å². The molecule has 3 amide bonds. The maximum atomic E-state index is 13.3. The summed E-state index contributed by atoms with van der Waals surface area (Å²) in [6.45, 7) is 0.872. The maximum absolute atomic E-state index is 13.3. The molecule has 1 aliphatic carbocycles. The van der Waals surface area contributed by atoms with Crippen molar-refractivity contribution >= 4 is 29.1 Å². The molecule has 6 heteroatoms. The highest BCUT2D eigenvalue weighted by molar-refractivity contribution is 7.10. The van der Waals surface area contributed by atoms with Crippen molar-refractivity contribution in [3.63, 3.8) is 0 Å². The number of benzene rings is 1. The largest absolute Gasteiger partial charge is 0.331 e. The number of thiophene rings is 1. The molecule has 0 bridgehead atoms. The minimum Gasteiger partial charge on any atom is -0.331 e. The molecule has 1 saturated heterocycles. The van der Waals surface area contributed by atoms with Gasteiger partial charge in [0.15, 0.2) is 0 Å². The van der Waals surface area contributed by atoms with E-state index in [1.165, 1.54) is 15.3 Å². The maximum Gasteiger partial charge on any atom is 0.233 e. The molecule has 0 N–H and O–H groups in total. The summed E-state index contributed by atoms with van der Waals surface area (Å²) in [4.78, 5) is 43.4. The Morgan fingerprint density at radius 1 is 1.00 bits per heavy atom. The summed E-state index contributed by atoms with van der Waals surface area (Å²) in [5.74, 6) is -0.411. The molecular weight excluding hydrogens is 396 g/mol. The van der Waals surface area contributed by atoms with Gasteiger partial charge in [-0.25, -0.2) is 0 Å². The first-order valence-electron chi connectivity index (χ1n) is 10.9. The zero-order valence-corrected chi connectivity index (χ0v) is 17.8. The van der Waals surface area contributed by atoms with E-state index in [4.69, 9.17) is 0 Å². The minimum absolute atomic E-state index is 0.0103. The first kappa shape index (κ1) is 19.5. The predicted octanol–water partition coefficient (Wildman–Crippen LogP) is 3.79. The second-order valence-electron chi connectivity index (χ2n) is 8.53. The van der Waals surface area contributed by atoms with Crippen LogP contribution in [0.5, 0.6) is 0 Å². The number of carbonyl (C=O) groups excluding carboxylic acids is 3. The highest BCUT2D eigenvalue weighted by atomic mass is 32.1. The van der Waals surface area contributed by atoms with Gasteiger partial charge in [0, 0.05) is 24.4 Å². The molecule has 30 heavy (non-hydrogen) atoms. The molecular formula is C24H26N2O3S. The molecule has 3 heterocycles. The lowest BCUT2D eigenvalue weighted by molar-refractivity contribution is -0.141. The quantitative estimate of drug-likeness (QED) is 0.705. The Kier molecular flexibility index (Phi) is 5.19. The fourth-order valence-electron chi connectivity index (χ4n) is 5.38. The van der Waals surface area contributed by atoms with Gasteiger partial charge in [-0.3, -0.25) is 19.3 Å². The monoisotopic (exact) mass is 422 g/mol. The third kappa shape index (κ3) is 3.27. The van der Waals surface area contributed by atoms with Crippen LogP contribution in [0.25, 0.3) is 0 Å². The van der Waals surface area contributed by atoms with Crippen LogP contribution in [0.2, 0.25) is 0 Å². The molecule has 5 rings (SSSR count). The van der Waals surface area contributed by atoms with Crippen LogP contribution in [0.15, 0.2) is 41.8 Å². The van der Waals surface area contributed by atoms with Gasteiger partial charge in [-0.2, -0.15) is 0 Å². The van der Waals surface area contributed by atoms with E-state index in [1.54, 1.807) is 11.3 Å². The van der Waals surface area contributed by atoms with E-state index in [2.05, 4.69) is 23.6 Å². The van der Waals surface area contributed by atoms with Crippen molar-refractivity contribution in [1.82, 2.24) is 9.80 Å². The fourth-order valence-corrected chi connectivity index (χ4v) is 6.29. The number of hydrogen-bond donors (Lipinski definition) is 0. The standard InChI is InChI=1S/C24H26N2O3S/c27-21(11-14-26-23(28)17-8-4-5-9-18(17)24(26)29)25-13-10-20-19(12-15-30-20)22(25)16-6-2-1-3-7-16/h1-3,6-7,12,15,17-18,22H,4-5,8-11,13-14H2/t17-,18-,22+/m0/s1. The van der Waals surface area contributed by atoms with Crippen LogP contribution >= 0.6 is 11.3 Å². The average molecular weight is 423 g/mol. The number of amides is 3. The van der Waals surface area contributed by atoms with Gasteiger partial charge in [0.25, 0.3) is 0 Å². The normalized spacial score (nSPS) is 25.9. The topological polar surface area (TPSA) is 57.7 Å². The van der Waals surface area contributed by atoms with Crippen molar-refractivity contribution in [2.75, 3.05) is 13.1 Å². The van der Waals surface area contributed by atoms with Crippen LogP contribution in [-0.4, -0.2) is 40.6 Å². The van der Waals surface area contributed by atoms with E-state index in [0.717, 1.165) is 37.7 Å². The second-order valence-corrected chi connectivity index (χ2v) is 9.53. The van der Waals surface area contributed by atoms with Crippen LogP contribution < -0.4 is 0 Å². The van der Waals surface area contributed by atoms with E-state index in [0.29, 0.717) is 6.54 Å². The summed E-state index contributed by atoms with van der Waals surface area (Å²) in [5, 5.41) is 2.10. The highest BCUT2D eigenvalue weighted by Gasteiger charge is 2.48. The fraction of sp³-hybridized carbons (Fsp3) is 0.458. The SMILES string of the molecule is O=C1[C@H]2CCCC[C@@H]2C(=O)N1CCC(=O)N1CCc2sccc2[C@H]1c1ccccc1. The summed E-state index contributed by atoms with van der Waals surface area (Å²) < 4.78 is 0. The van der Waals surface area contributed by atoms with E-state index < -0.39 is 0 Å². The highest BCUT2D eigenvalue weighted by Crippen LogP contribution is 2.39. The first-order valence-corrected chi connectivity index (χ1v) is 11.8. The van der Waals surface area contributed by atoms with E-state index in [1.807, 2.05) is 23.1 Å². The van der Waals surface area contributed by atoms with Crippen molar-refractivity contribution in [3.05, 3.63) is 57.8 Å². The summed E-state index contributed by atoms with van der Waals surface area (Å²) >= 11 is 1.75. The summed E-state index contributed by atoms with van der Waals surface area (Å²) in [6, 6.07) is 12.1. The van der Waals surface area contributed by atoms with Gasteiger partial charge in [-0.1, -0.05) is 43.2 Å². The molecule has 1 saturated carbocycles. The van der Waals surface area contributed by atoms with Crippen LogP contribution in [0, 0.1) is 11.8 Å². The number of rotatable bonds is 4. The molecule has 1 aromatic carbocycles. The van der Waals surface area contributed by atoms with Gasteiger partial charge in [0.1, 0.15) is 0 Å². The predicted molar refractivity (Wildman–Crippen MR) is 115 cm³/mol. The van der Waals surface area contributed by atoms with Gasteiger partial charge >= 0.3 is 0 Å². The number of imide groups is 1. The Morgan fingerprint density at radius 2 is 1.70 bits per heavy atom. The van der Waals surface area contributed by atoms with E-state index in [9.17, 15) is 14.4 Å². The van der Waals surface area contributed by atoms with E-state index in [-0.39, 0.29) is 48.6 Å². The zero-order chi connectivity index (χ0) is 20.7. The Bertz CT molecular complexity index is 946. The lowest BCUT2D eigenvalue weighted by atomic mass is 9.81. The average Bonchev–Trinajstić information content (AvgIpc) is 3.35. The molecule has 1 aromatic heterocycles. The smallest absolute Gasteiger partial charge is 0.233 e. The molecule has 3 atom stereocenters. The molecule has 156 valence electrons. The second kappa shape index (κ2) is 7.99. The van der Waals surface area contributed by atoms with Crippen molar-refractivity contribution in [3.8, 4) is 0 Å². The minimum atomic E-state index is -0.151. The number of hydrogen-bond acceptors (Lipinski definition) is 4. The number of likely N-dealkylation sites (tertiary alicyclic amines) is 1. The van der Waals surface area contributed by atoms with Crippen molar-refractivity contribution < 1.29 is 14.4 Å². The Labute approximate surface area is 180 Å². The van der Waals surface area contributed by atoms with Gasteiger partial charge in [0.05, 0.1) is 17.9 Å². The lowest BCUT2D eigenvalue weighted by Crippen LogP contribution is -2.42. The molecule has 2 aromatic rings. The van der Waals surface area contributed by atoms with Gasteiger partial charge in [-0.05, 0) is 41.8 Å². The Morgan fingerprint density at radius 3 is 2.40 bits per heavy atom. The van der Waals surface area contributed by atoms with Crippen LogP contribution in [0.3, 0.4) is 0 Å². The summed E-state index contributed by atoms with van der Waals surface area (Å²) in [6.07, 6.45) is 4.70. The van der Waals surface area contributed by atoms with E-state index >= 15 is 0 Å².